The molecule has 0 aliphatic rings. The van der Waals surface area contributed by atoms with Crippen molar-refractivity contribution in [2.45, 2.75) is 12.6 Å². The number of carboxylic acids is 1. The molecule has 0 aliphatic heterocycles. The van der Waals surface area contributed by atoms with Crippen molar-refractivity contribution in [2.24, 2.45) is 0 Å². The van der Waals surface area contributed by atoms with E-state index in [1.807, 2.05) is 0 Å². The molecule has 0 bridgehead atoms. The molecule has 1 atom stereocenters. The van der Waals surface area contributed by atoms with Gasteiger partial charge in [-0.25, -0.2) is 9.18 Å². The molecule has 0 radical (unpaired) electrons. The Hall–Kier alpha value is -1.78. The maximum absolute atomic E-state index is 13.5. The summed E-state index contributed by atoms with van der Waals surface area (Å²) in [6, 6.07) is 6.10. The molecule has 5 heteroatoms. The summed E-state index contributed by atoms with van der Waals surface area (Å²) in [5, 5.41) is 17.7. The van der Waals surface area contributed by atoms with Gasteiger partial charge in [0.25, 0.3) is 0 Å². The van der Waals surface area contributed by atoms with Crippen LogP contribution in [-0.4, -0.2) is 35.4 Å². The SMILES string of the molecule is CN(CC(C)(F)C(=O)O)c1ccc(O)cc1. The second-order valence-electron chi connectivity index (χ2n) is 3.88. The lowest BCUT2D eigenvalue weighted by Gasteiger charge is -2.25. The molecule has 2 N–H and O–H groups in total. The third-order valence-electron chi connectivity index (χ3n) is 2.27. The van der Waals surface area contributed by atoms with E-state index in [-0.39, 0.29) is 12.3 Å². The minimum Gasteiger partial charge on any atom is -0.508 e. The van der Waals surface area contributed by atoms with Gasteiger partial charge in [-0.15, -0.1) is 0 Å². The molecular weight excluding hydrogens is 213 g/mol. The van der Waals surface area contributed by atoms with Gasteiger partial charge in [0.2, 0.25) is 5.67 Å². The topological polar surface area (TPSA) is 60.8 Å². The van der Waals surface area contributed by atoms with Crippen molar-refractivity contribution in [3.05, 3.63) is 24.3 Å². The zero-order valence-electron chi connectivity index (χ0n) is 9.14. The van der Waals surface area contributed by atoms with E-state index >= 15 is 0 Å². The maximum atomic E-state index is 13.5. The van der Waals surface area contributed by atoms with Gasteiger partial charge in [0, 0.05) is 12.7 Å². The fraction of sp³-hybridized carbons (Fsp3) is 0.364. The van der Waals surface area contributed by atoms with Crippen molar-refractivity contribution in [1.82, 2.24) is 0 Å². The van der Waals surface area contributed by atoms with Crippen LogP contribution in [0.2, 0.25) is 0 Å². The minimum absolute atomic E-state index is 0.110. The number of carboxylic acid groups (broad SMARTS) is 1. The van der Waals surface area contributed by atoms with Crippen molar-refractivity contribution < 1.29 is 19.4 Å². The normalized spacial score (nSPS) is 14.2. The Balaban J connectivity index is 2.76. The van der Waals surface area contributed by atoms with E-state index in [4.69, 9.17) is 10.2 Å². The number of anilines is 1. The summed E-state index contributed by atoms with van der Waals surface area (Å²) >= 11 is 0. The number of benzene rings is 1. The second kappa shape index (κ2) is 4.38. The molecule has 0 aliphatic carbocycles. The predicted molar refractivity (Wildman–Crippen MR) is 58.5 cm³/mol. The standard InChI is InChI=1S/C11H14FNO3/c1-11(12,10(15)16)7-13(2)8-3-5-9(14)6-4-8/h3-6,14H,7H2,1-2H3,(H,15,16). The van der Waals surface area contributed by atoms with Crippen LogP contribution in [0.15, 0.2) is 24.3 Å². The Morgan fingerprint density at radius 1 is 1.44 bits per heavy atom. The summed E-state index contributed by atoms with van der Waals surface area (Å²) < 4.78 is 13.5. The fourth-order valence-electron chi connectivity index (χ4n) is 1.31. The van der Waals surface area contributed by atoms with Crippen LogP contribution in [0.25, 0.3) is 0 Å². The van der Waals surface area contributed by atoms with Gasteiger partial charge in [-0.3, -0.25) is 0 Å². The van der Waals surface area contributed by atoms with Crippen molar-refractivity contribution in [1.29, 1.82) is 0 Å². The average molecular weight is 227 g/mol. The molecular formula is C11H14FNO3. The van der Waals surface area contributed by atoms with Crippen molar-refractivity contribution >= 4 is 11.7 Å². The summed E-state index contributed by atoms with van der Waals surface area (Å²) in [6.07, 6.45) is 0. The number of halogens is 1. The van der Waals surface area contributed by atoms with Crippen LogP contribution in [0.3, 0.4) is 0 Å². The molecule has 1 rings (SSSR count). The van der Waals surface area contributed by atoms with Gasteiger partial charge in [0.15, 0.2) is 0 Å². The van der Waals surface area contributed by atoms with E-state index in [1.54, 1.807) is 19.2 Å². The van der Waals surface area contributed by atoms with Crippen molar-refractivity contribution in [3.8, 4) is 5.75 Å². The Kier molecular flexibility index (Phi) is 3.37. The number of aromatic hydroxyl groups is 1. The summed E-state index contributed by atoms with van der Waals surface area (Å²) in [5.74, 6) is -1.38. The lowest BCUT2D eigenvalue weighted by Crippen LogP contribution is -2.41. The lowest BCUT2D eigenvalue weighted by atomic mass is 10.1. The van der Waals surface area contributed by atoms with Gasteiger partial charge in [0.1, 0.15) is 5.75 Å². The van der Waals surface area contributed by atoms with Crippen molar-refractivity contribution in [2.75, 3.05) is 18.5 Å². The minimum atomic E-state index is -2.30. The number of rotatable bonds is 4. The Morgan fingerprint density at radius 2 is 1.94 bits per heavy atom. The van der Waals surface area contributed by atoms with Crippen LogP contribution in [0, 0.1) is 0 Å². The van der Waals surface area contributed by atoms with E-state index in [1.165, 1.54) is 17.0 Å². The van der Waals surface area contributed by atoms with Gasteiger partial charge in [-0.05, 0) is 31.2 Å². The van der Waals surface area contributed by atoms with Gasteiger partial charge in [-0.1, -0.05) is 0 Å². The molecule has 0 spiro atoms. The number of phenols is 1. The van der Waals surface area contributed by atoms with Gasteiger partial charge >= 0.3 is 5.97 Å². The van der Waals surface area contributed by atoms with E-state index in [2.05, 4.69) is 0 Å². The molecule has 4 nitrogen and oxygen atoms in total. The largest absolute Gasteiger partial charge is 0.508 e. The fourth-order valence-corrected chi connectivity index (χ4v) is 1.31. The number of nitrogens with zero attached hydrogens (tertiary/aromatic N) is 1. The number of hydrogen-bond acceptors (Lipinski definition) is 3. The second-order valence-corrected chi connectivity index (χ2v) is 3.88. The van der Waals surface area contributed by atoms with Crippen LogP contribution in [-0.2, 0) is 4.79 Å². The van der Waals surface area contributed by atoms with Crippen LogP contribution < -0.4 is 4.90 Å². The molecule has 1 unspecified atom stereocenters. The van der Waals surface area contributed by atoms with Crippen LogP contribution in [0.1, 0.15) is 6.92 Å². The number of aliphatic carboxylic acids is 1. The predicted octanol–water partition coefficient (Wildman–Crippen LogP) is 1.64. The highest BCUT2D eigenvalue weighted by Gasteiger charge is 2.34. The molecule has 0 amide bonds. The number of hydrogen-bond donors (Lipinski definition) is 2. The molecule has 88 valence electrons. The molecule has 0 fully saturated rings. The molecule has 0 saturated heterocycles. The Morgan fingerprint density at radius 3 is 2.38 bits per heavy atom. The molecule has 16 heavy (non-hydrogen) atoms. The van der Waals surface area contributed by atoms with Crippen LogP contribution in [0.4, 0.5) is 10.1 Å². The summed E-state index contributed by atoms with van der Waals surface area (Å²) in [7, 11) is 1.59. The van der Waals surface area contributed by atoms with E-state index < -0.39 is 11.6 Å². The highest BCUT2D eigenvalue weighted by molar-refractivity contribution is 5.77. The Labute approximate surface area is 92.9 Å². The summed E-state index contributed by atoms with van der Waals surface area (Å²) in [4.78, 5) is 12.1. The number of phenolic OH excluding ortho intramolecular Hbond substituents is 1. The summed E-state index contributed by atoms with van der Waals surface area (Å²) in [5.41, 5.74) is -1.66. The lowest BCUT2D eigenvalue weighted by molar-refractivity contribution is -0.148. The first-order valence-corrected chi connectivity index (χ1v) is 4.75. The first-order chi connectivity index (χ1) is 7.33. The van der Waals surface area contributed by atoms with Gasteiger partial charge in [-0.2, -0.15) is 0 Å². The first kappa shape index (κ1) is 12.3. The first-order valence-electron chi connectivity index (χ1n) is 4.75. The monoisotopic (exact) mass is 227 g/mol. The van der Waals surface area contributed by atoms with E-state index in [0.29, 0.717) is 5.69 Å². The molecule has 0 heterocycles. The maximum Gasteiger partial charge on any atom is 0.343 e. The van der Waals surface area contributed by atoms with Crippen molar-refractivity contribution in [3.63, 3.8) is 0 Å². The van der Waals surface area contributed by atoms with E-state index in [0.717, 1.165) is 6.92 Å². The number of alkyl halides is 1. The molecule has 1 aromatic rings. The van der Waals surface area contributed by atoms with E-state index in [9.17, 15) is 9.18 Å². The Bertz CT molecular complexity index is 375. The summed E-state index contributed by atoms with van der Waals surface area (Å²) in [6.45, 7) is 0.763. The molecule has 1 aromatic carbocycles. The highest BCUT2D eigenvalue weighted by Crippen LogP contribution is 2.20. The van der Waals surface area contributed by atoms with Gasteiger partial charge < -0.3 is 15.1 Å². The smallest absolute Gasteiger partial charge is 0.343 e. The zero-order valence-corrected chi connectivity index (χ0v) is 9.14. The molecule has 0 saturated carbocycles. The zero-order chi connectivity index (χ0) is 12.3. The average Bonchev–Trinajstić information content (AvgIpc) is 2.17. The molecule has 0 aromatic heterocycles. The van der Waals surface area contributed by atoms with Crippen LogP contribution in [0.5, 0.6) is 5.75 Å². The van der Waals surface area contributed by atoms with Crippen LogP contribution >= 0.6 is 0 Å². The van der Waals surface area contributed by atoms with Gasteiger partial charge in [0.05, 0.1) is 6.54 Å². The third-order valence-corrected chi connectivity index (χ3v) is 2.27. The number of carbonyl (C=O) groups is 1. The quantitative estimate of drug-likeness (QED) is 0.820. The third kappa shape index (κ3) is 2.85. The highest BCUT2D eigenvalue weighted by atomic mass is 19.1.